The maximum absolute atomic E-state index is 10.7. The lowest BCUT2D eigenvalue weighted by atomic mass is 10.5. The highest BCUT2D eigenvalue weighted by Crippen LogP contribution is 1.87. The molecule has 0 radical (unpaired) electrons. The Bertz CT molecular complexity index is 161. The Hall–Kier alpha value is -1.25. The molecular weight excluding hydrogens is 142 g/mol. The zero-order valence-corrected chi connectivity index (χ0v) is 6.83. The van der Waals surface area contributed by atoms with Crippen molar-refractivity contribution in [2.24, 2.45) is 0 Å². The van der Waals surface area contributed by atoms with E-state index in [4.69, 9.17) is 4.74 Å². The molecule has 11 heavy (non-hydrogen) atoms. The van der Waals surface area contributed by atoms with Crippen molar-refractivity contribution in [1.82, 2.24) is 5.32 Å². The number of rotatable bonds is 3. The lowest BCUT2D eigenvalue weighted by molar-refractivity contribution is 0.119. The van der Waals surface area contributed by atoms with Crippen LogP contribution in [0, 0.1) is 0 Å². The van der Waals surface area contributed by atoms with E-state index >= 15 is 0 Å². The first-order valence-corrected chi connectivity index (χ1v) is 3.41. The van der Waals surface area contributed by atoms with Crippen molar-refractivity contribution in [2.75, 3.05) is 0 Å². The second-order valence-electron chi connectivity index (χ2n) is 2.19. The molecule has 0 heterocycles. The third-order valence-electron chi connectivity index (χ3n) is 0.776. The fourth-order valence-corrected chi connectivity index (χ4v) is 0.432. The summed E-state index contributed by atoms with van der Waals surface area (Å²) < 4.78 is 4.76. The topological polar surface area (TPSA) is 38.3 Å². The highest BCUT2D eigenvalue weighted by molar-refractivity contribution is 5.68. The molecule has 0 aromatic rings. The standard InChI is InChI=1S/C8H13NO2/c1-4-5-6-9-8(10)11-7(2)3/h4-7H,1H2,2-3H3,(H,9,10). The third-order valence-corrected chi connectivity index (χ3v) is 0.776. The van der Waals surface area contributed by atoms with Crippen LogP contribution >= 0.6 is 0 Å². The van der Waals surface area contributed by atoms with Gasteiger partial charge in [0.2, 0.25) is 0 Å². The number of nitrogens with one attached hydrogen (secondary N) is 1. The number of hydrogen-bond acceptors (Lipinski definition) is 2. The molecule has 0 aromatic heterocycles. The summed E-state index contributed by atoms with van der Waals surface area (Å²) in [5, 5.41) is 2.40. The number of allylic oxidation sites excluding steroid dienone is 2. The molecule has 0 bridgehead atoms. The van der Waals surface area contributed by atoms with Crippen molar-refractivity contribution < 1.29 is 9.53 Å². The van der Waals surface area contributed by atoms with Gasteiger partial charge in [-0.25, -0.2) is 4.79 Å². The van der Waals surface area contributed by atoms with E-state index in [2.05, 4.69) is 11.9 Å². The molecule has 0 saturated carbocycles. The van der Waals surface area contributed by atoms with Gasteiger partial charge in [0.15, 0.2) is 0 Å². The van der Waals surface area contributed by atoms with Crippen LogP contribution in [0.15, 0.2) is 24.9 Å². The molecule has 62 valence electrons. The minimum atomic E-state index is -0.446. The van der Waals surface area contributed by atoms with Gasteiger partial charge in [-0.15, -0.1) is 0 Å². The Balaban J connectivity index is 3.53. The van der Waals surface area contributed by atoms with E-state index < -0.39 is 6.09 Å². The highest BCUT2D eigenvalue weighted by atomic mass is 16.6. The lowest BCUT2D eigenvalue weighted by Gasteiger charge is -2.05. The monoisotopic (exact) mass is 155 g/mol. The van der Waals surface area contributed by atoms with Crippen LogP contribution in [0.25, 0.3) is 0 Å². The number of ether oxygens (including phenoxy) is 1. The van der Waals surface area contributed by atoms with Crippen LogP contribution in [0.3, 0.4) is 0 Å². The van der Waals surface area contributed by atoms with Gasteiger partial charge in [-0.2, -0.15) is 0 Å². The molecule has 0 unspecified atom stereocenters. The summed E-state index contributed by atoms with van der Waals surface area (Å²) in [5.41, 5.74) is 0. The van der Waals surface area contributed by atoms with E-state index in [1.54, 1.807) is 26.0 Å². The first kappa shape index (κ1) is 9.75. The molecule has 0 saturated heterocycles. The summed E-state index contributed by atoms with van der Waals surface area (Å²) in [6, 6.07) is 0. The van der Waals surface area contributed by atoms with E-state index in [-0.39, 0.29) is 6.10 Å². The molecule has 3 nitrogen and oxygen atoms in total. The fourth-order valence-electron chi connectivity index (χ4n) is 0.432. The molecule has 1 amide bonds. The Morgan fingerprint density at radius 2 is 2.27 bits per heavy atom. The molecule has 0 aliphatic rings. The number of carbonyl (C=O) groups excluding carboxylic acids is 1. The number of hydrogen-bond donors (Lipinski definition) is 1. The zero-order valence-electron chi connectivity index (χ0n) is 6.83. The molecule has 0 aromatic carbocycles. The molecule has 0 atom stereocenters. The van der Waals surface area contributed by atoms with Crippen molar-refractivity contribution in [3.05, 3.63) is 24.9 Å². The van der Waals surface area contributed by atoms with Gasteiger partial charge in [0.05, 0.1) is 6.10 Å². The van der Waals surface area contributed by atoms with Crippen LogP contribution in [0.5, 0.6) is 0 Å². The number of carbonyl (C=O) groups is 1. The van der Waals surface area contributed by atoms with Crippen LogP contribution in [-0.2, 0) is 4.74 Å². The SMILES string of the molecule is C=CC=CNC(=O)OC(C)C. The smallest absolute Gasteiger partial charge is 0.411 e. The van der Waals surface area contributed by atoms with Gasteiger partial charge >= 0.3 is 6.09 Å². The van der Waals surface area contributed by atoms with Crippen molar-refractivity contribution in [1.29, 1.82) is 0 Å². The van der Waals surface area contributed by atoms with Gasteiger partial charge in [-0.1, -0.05) is 12.7 Å². The molecule has 0 aliphatic carbocycles. The van der Waals surface area contributed by atoms with Gasteiger partial charge in [0.25, 0.3) is 0 Å². The van der Waals surface area contributed by atoms with Gasteiger partial charge in [0, 0.05) is 6.20 Å². The van der Waals surface area contributed by atoms with E-state index in [0.717, 1.165) is 0 Å². The summed E-state index contributed by atoms with van der Waals surface area (Å²) >= 11 is 0. The molecule has 3 heteroatoms. The van der Waals surface area contributed by atoms with Gasteiger partial charge in [-0.05, 0) is 19.9 Å². The summed E-state index contributed by atoms with van der Waals surface area (Å²) in [4.78, 5) is 10.7. The van der Waals surface area contributed by atoms with Crippen LogP contribution in [-0.4, -0.2) is 12.2 Å². The molecule has 0 aliphatic heterocycles. The first-order chi connectivity index (χ1) is 5.16. The number of amides is 1. The quantitative estimate of drug-likeness (QED) is 0.631. The van der Waals surface area contributed by atoms with Crippen molar-refractivity contribution >= 4 is 6.09 Å². The summed E-state index contributed by atoms with van der Waals surface area (Å²) in [6.45, 7) is 7.02. The van der Waals surface area contributed by atoms with Gasteiger partial charge in [0.1, 0.15) is 0 Å². The molecule has 1 N–H and O–H groups in total. The van der Waals surface area contributed by atoms with Gasteiger partial charge < -0.3 is 4.74 Å². The van der Waals surface area contributed by atoms with Crippen LogP contribution in [0.2, 0.25) is 0 Å². The van der Waals surface area contributed by atoms with E-state index in [1.165, 1.54) is 6.20 Å². The summed E-state index contributed by atoms with van der Waals surface area (Å²) in [5.74, 6) is 0. The van der Waals surface area contributed by atoms with Gasteiger partial charge in [-0.3, -0.25) is 5.32 Å². The Labute approximate surface area is 66.7 Å². The van der Waals surface area contributed by atoms with E-state index in [1.807, 2.05) is 0 Å². The van der Waals surface area contributed by atoms with E-state index in [0.29, 0.717) is 0 Å². The average Bonchev–Trinajstić information content (AvgIpc) is 1.86. The predicted molar refractivity (Wildman–Crippen MR) is 44.1 cm³/mol. The second kappa shape index (κ2) is 5.53. The normalized spacial score (nSPS) is 10.1. The summed E-state index contributed by atoms with van der Waals surface area (Å²) in [6.07, 6.45) is 4.11. The summed E-state index contributed by atoms with van der Waals surface area (Å²) in [7, 11) is 0. The Kier molecular flexibility index (Phi) is 4.90. The lowest BCUT2D eigenvalue weighted by Crippen LogP contribution is -2.21. The van der Waals surface area contributed by atoms with Crippen molar-refractivity contribution in [3.63, 3.8) is 0 Å². The highest BCUT2D eigenvalue weighted by Gasteiger charge is 1.99. The van der Waals surface area contributed by atoms with Crippen LogP contribution < -0.4 is 5.32 Å². The zero-order chi connectivity index (χ0) is 8.69. The average molecular weight is 155 g/mol. The second-order valence-corrected chi connectivity index (χ2v) is 2.19. The third kappa shape index (κ3) is 6.64. The number of alkyl carbamates (subject to hydrolysis) is 1. The first-order valence-electron chi connectivity index (χ1n) is 3.41. The molecule has 0 fully saturated rings. The van der Waals surface area contributed by atoms with E-state index in [9.17, 15) is 4.79 Å². The maximum atomic E-state index is 10.7. The van der Waals surface area contributed by atoms with Crippen molar-refractivity contribution in [3.8, 4) is 0 Å². The minimum Gasteiger partial charge on any atom is -0.447 e. The largest absolute Gasteiger partial charge is 0.447 e. The van der Waals surface area contributed by atoms with Crippen molar-refractivity contribution in [2.45, 2.75) is 20.0 Å². The van der Waals surface area contributed by atoms with Crippen LogP contribution in [0.1, 0.15) is 13.8 Å². The van der Waals surface area contributed by atoms with Crippen LogP contribution in [0.4, 0.5) is 4.79 Å². The Morgan fingerprint density at radius 1 is 1.64 bits per heavy atom. The molecule has 0 spiro atoms. The Morgan fingerprint density at radius 3 is 2.73 bits per heavy atom. The molecular formula is C8H13NO2. The minimum absolute atomic E-state index is 0.0906. The fraction of sp³-hybridized carbons (Fsp3) is 0.375. The molecule has 0 rings (SSSR count). The maximum Gasteiger partial charge on any atom is 0.411 e. The predicted octanol–water partition coefficient (Wildman–Crippen LogP) is 1.82.